The van der Waals surface area contributed by atoms with Gasteiger partial charge in [0.05, 0.1) is 17.8 Å². The van der Waals surface area contributed by atoms with Crippen molar-refractivity contribution in [1.29, 1.82) is 0 Å². The standard InChI is InChI=1S/C56H39N/c1-3-12-40(13-4-1)42-26-33-49(34-27-42)57(50-35-28-43(29-36-50)41-22-24-47(25-23-41)53-21-11-18-44-16-7-9-19-52(44)53)51-37-30-48(31-38-51)56-54-20-10-8-17-46(54)32-39-55(56)45-14-5-2-6-15-45/h1-39H/i1D,3D,4D,12D,13D,26D,27D,30D,31D,33D,34D,37D,38D. The molecule has 57 heavy (non-hydrogen) atoms. The second kappa shape index (κ2) is 15.0. The summed E-state index contributed by atoms with van der Waals surface area (Å²) in [6.45, 7) is 0. The van der Waals surface area contributed by atoms with Gasteiger partial charge < -0.3 is 4.90 Å². The van der Waals surface area contributed by atoms with E-state index in [0.717, 1.165) is 44.0 Å². The van der Waals surface area contributed by atoms with Crippen LogP contribution < -0.4 is 4.90 Å². The van der Waals surface area contributed by atoms with Gasteiger partial charge in [0.2, 0.25) is 0 Å². The molecular weight excluding hydrogens is 687 g/mol. The van der Waals surface area contributed by atoms with Crippen LogP contribution in [0, 0.1) is 0 Å². The Labute approximate surface area is 352 Å². The van der Waals surface area contributed by atoms with Crippen molar-refractivity contribution in [2.24, 2.45) is 0 Å². The number of rotatable bonds is 8. The number of hydrogen-bond acceptors (Lipinski definition) is 1. The average molecular weight is 739 g/mol. The number of nitrogens with zero attached hydrogens (tertiary/aromatic N) is 1. The number of fused-ring (bicyclic) bond motifs is 2. The van der Waals surface area contributed by atoms with Gasteiger partial charge in [0.25, 0.3) is 0 Å². The maximum absolute atomic E-state index is 9.74. The molecule has 268 valence electrons. The zero-order valence-electron chi connectivity index (χ0n) is 43.5. The van der Waals surface area contributed by atoms with E-state index < -0.39 is 95.4 Å². The van der Waals surface area contributed by atoms with Crippen molar-refractivity contribution in [2.75, 3.05) is 4.90 Å². The van der Waals surface area contributed by atoms with Crippen molar-refractivity contribution < 1.29 is 17.8 Å². The summed E-state index contributed by atoms with van der Waals surface area (Å²) in [5, 5.41) is 3.74. The fourth-order valence-corrected chi connectivity index (χ4v) is 7.35. The average Bonchev–Trinajstić information content (AvgIpc) is 3.39. The summed E-state index contributed by atoms with van der Waals surface area (Å²) in [5.41, 5.74) is 4.01. The molecule has 0 N–H and O–H groups in total. The van der Waals surface area contributed by atoms with Crippen molar-refractivity contribution in [1.82, 2.24) is 0 Å². The third kappa shape index (κ3) is 6.66. The van der Waals surface area contributed by atoms with Crippen LogP contribution >= 0.6 is 0 Å². The van der Waals surface area contributed by atoms with Gasteiger partial charge in [-0.15, -0.1) is 0 Å². The van der Waals surface area contributed by atoms with Gasteiger partial charge in [-0.3, -0.25) is 0 Å². The minimum Gasteiger partial charge on any atom is -0.311 e. The Morgan fingerprint density at radius 2 is 0.789 bits per heavy atom. The van der Waals surface area contributed by atoms with Crippen LogP contribution in [0.25, 0.3) is 77.2 Å². The fourth-order valence-electron chi connectivity index (χ4n) is 7.35. The summed E-state index contributed by atoms with van der Waals surface area (Å²) < 4.78 is 118. The molecule has 0 heterocycles. The predicted octanol–water partition coefficient (Wildman–Crippen LogP) is 15.8. The third-order valence-electron chi connectivity index (χ3n) is 10.1. The van der Waals surface area contributed by atoms with E-state index in [4.69, 9.17) is 6.85 Å². The summed E-state index contributed by atoms with van der Waals surface area (Å²) in [5.74, 6) is 0. The van der Waals surface area contributed by atoms with Crippen LogP contribution in [-0.2, 0) is 0 Å². The lowest BCUT2D eigenvalue weighted by Crippen LogP contribution is -2.09. The zero-order chi connectivity index (χ0) is 49.3. The van der Waals surface area contributed by atoms with Crippen molar-refractivity contribution in [2.45, 2.75) is 0 Å². The molecule has 0 aliphatic carbocycles. The van der Waals surface area contributed by atoms with E-state index in [0.29, 0.717) is 16.5 Å². The van der Waals surface area contributed by atoms with Gasteiger partial charge in [-0.2, -0.15) is 0 Å². The van der Waals surface area contributed by atoms with Gasteiger partial charge in [-0.05, 0) is 113 Å². The molecule has 10 aromatic carbocycles. The SMILES string of the molecule is [2H]c1c([2H])c([2H])c(-c2c([2H])c([2H])c(N(c3ccc(-c4ccc(-c5cccc6ccccc56)cc4)cc3)c3c([2H])c([2H])c(-c4c(-c5ccccc5)ccc5ccccc45)c([2H])c3[2H])c([2H])c2[2H])c([2H])c1[2H]. The summed E-state index contributed by atoms with van der Waals surface area (Å²) >= 11 is 0. The van der Waals surface area contributed by atoms with Crippen LogP contribution in [0.4, 0.5) is 17.1 Å². The first kappa shape index (κ1) is 22.8. The largest absolute Gasteiger partial charge is 0.311 e. The maximum Gasteiger partial charge on any atom is 0.0645 e. The molecule has 1 nitrogen and oxygen atoms in total. The van der Waals surface area contributed by atoms with Crippen molar-refractivity contribution in [3.05, 3.63) is 236 Å². The van der Waals surface area contributed by atoms with E-state index in [-0.39, 0.29) is 16.9 Å². The summed E-state index contributed by atoms with van der Waals surface area (Å²) in [7, 11) is 0. The molecular formula is C56H39N. The highest BCUT2D eigenvalue weighted by Crippen LogP contribution is 2.42. The van der Waals surface area contributed by atoms with Crippen LogP contribution in [0.3, 0.4) is 0 Å². The Morgan fingerprint density at radius 1 is 0.281 bits per heavy atom. The summed E-state index contributed by atoms with van der Waals surface area (Å²) in [6, 6.07) is 41.6. The van der Waals surface area contributed by atoms with Gasteiger partial charge >= 0.3 is 0 Å². The maximum atomic E-state index is 9.74. The van der Waals surface area contributed by atoms with E-state index >= 15 is 0 Å². The second-order valence-corrected chi connectivity index (χ2v) is 13.5. The minimum absolute atomic E-state index is 0.0211. The van der Waals surface area contributed by atoms with Gasteiger partial charge in [-0.1, -0.05) is 200 Å². The Balaban J connectivity index is 1.18. The van der Waals surface area contributed by atoms with Gasteiger partial charge in [0.15, 0.2) is 0 Å². The second-order valence-electron chi connectivity index (χ2n) is 13.5. The lowest BCUT2D eigenvalue weighted by molar-refractivity contribution is 1.28. The van der Waals surface area contributed by atoms with E-state index in [1.165, 1.54) is 4.90 Å². The number of anilines is 3. The molecule has 1 heteroatoms. The number of hydrogen-bond donors (Lipinski definition) is 0. The van der Waals surface area contributed by atoms with E-state index in [1.807, 2.05) is 109 Å². The molecule has 0 aliphatic heterocycles. The quantitative estimate of drug-likeness (QED) is 0.150. The monoisotopic (exact) mass is 738 g/mol. The Hall–Kier alpha value is -7.48. The van der Waals surface area contributed by atoms with Crippen molar-refractivity contribution in [3.8, 4) is 55.6 Å². The Bertz CT molecular complexity index is 3650. The summed E-state index contributed by atoms with van der Waals surface area (Å²) in [4.78, 5) is 1.19. The van der Waals surface area contributed by atoms with Crippen LogP contribution in [0.1, 0.15) is 17.8 Å². The molecule has 10 rings (SSSR count). The van der Waals surface area contributed by atoms with Crippen molar-refractivity contribution in [3.63, 3.8) is 0 Å². The molecule has 0 atom stereocenters. The predicted molar refractivity (Wildman–Crippen MR) is 243 cm³/mol. The molecule has 0 amide bonds. The molecule has 0 radical (unpaired) electrons. The van der Waals surface area contributed by atoms with Gasteiger partial charge in [0, 0.05) is 17.1 Å². The topological polar surface area (TPSA) is 3.24 Å². The molecule has 0 fully saturated rings. The van der Waals surface area contributed by atoms with Gasteiger partial charge in [-0.25, -0.2) is 0 Å². The molecule has 0 unspecified atom stereocenters. The highest BCUT2D eigenvalue weighted by Gasteiger charge is 2.16. The molecule has 0 aromatic heterocycles. The van der Waals surface area contributed by atoms with Crippen LogP contribution in [0.2, 0.25) is 0 Å². The first-order valence-electron chi connectivity index (χ1n) is 25.0. The highest BCUT2D eigenvalue weighted by molar-refractivity contribution is 6.04. The first-order chi connectivity index (χ1) is 33.7. The lowest BCUT2D eigenvalue weighted by atomic mass is 9.89. The van der Waals surface area contributed by atoms with Gasteiger partial charge in [0.1, 0.15) is 0 Å². The normalized spacial score (nSPS) is 14.4. The van der Waals surface area contributed by atoms with Crippen LogP contribution in [0.5, 0.6) is 0 Å². The molecule has 0 saturated heterocycles. The van der Waals surface area contributed by atoms with Crippen molar-refractivity contribution >= 4 is 38.6 Å². The highest BCUT2D eigenvalue weighted by atomic mass is 15.1. The fraction of sp³-hybridized carbons (Fsp3) is 0. The first-order valence-corrected chi connectivity index (χ1v) is 18.5. The molecule has 0 spiro atoms. The summed E-state index contributed by atoms with van der Waals surface area (Å²) in [6.07, 6.45) is 0. The third-order valence-corrected chi connectivity index (χ3v) is 10.1. The van der Waals surface area contributed by atoms with Crippen LogP contribution in [0.15, 0.2) is 236 Å². The zero-order valence-corrected chi connectivity index (χ0v) is 30.5. The van der Waals surface area contributed by atoms with E-state index in [1.54, 1.807) is 24.3 Å². The molecule has 10 aromatic rings. The Kier molecular flexibility index (Phi) is 5.99. The molecule has 0 saturated carbocycles. The van der Waals surface area contributed by atoms with E-state index in [2.05, 4.69) is 24.3 Å². The number of benzene rings is 10. The smallest absolute Gasteiger partial charge is 0.0645 e. The van der Waals surface area contributed by atoms with E-state index in [9.17, 15) is 11.0 Å². The van der Waals surface area contributed by atoms with Crippen LogP contribution in [-0.4, -0.2) is 0 Å². The Morgan fingerprint density at radius 3 is 1.47 bits per heavy atom. The molecule has 0 aliphatic rings. The lowest BCUT2D eigenvalue weighted by Gasteiger charge is -2.26. The minimum atomic E-state index is -0.738. The molecule has 0 bridgehead atoms.